The molecule has 0 aliphatic heterocycles. The van der Waals surface area contributed by atoms with E-state index in [1.54, 1.807) is 32.7 Å². The molecule has 0 saturated carbocycles. The van der Waals surface area contributed by atoms with Gasteiger partial charge in [0.05, 0.1) is 25.4 Å². The Labute approximate surface area is 218 Å². The van der Waals surface area contributed by atoms with Crippen LogP contribution in [0, 0.1) is 5.41 Å². The number of imidazole rings is 1. The molecule has 10 nitrogen and oxygen atoms in total. The van der Waals surface area contributed by atoms with Crippen LogP contribution in [0.2, 0.25) is 0 Å². The molecule has 0 spiro atoms. The van der Waals surface area contributed by atoms with Crippen LogP contribution in [-0.2, 0) is 13.0 Å². The average molecular weight is 523 g/mol. The lowest BCUT2D eigenvalue weighted by Gasteiger charge is -2.19. The minimum Gasteiger partial charge on any atom is -0.497 e. The molecule has 194 valence electrons. The molecule has 4 aromatic rings. The number of aromatic amines is 1. The number of hydrogen-bond donors (Lipinski definition) is 3. The van der Waals surface area contributed by atoms with Crippen molar-refractivity contribution in [2.24, 2.45) is 0 Å². The normalized spacial score (nSPS) is 11.4. The van der Waals surface area contributed by atoms with Gasteiger partial charge in [-0.2, -0.15) is 0 Å². The van der Waals surface area contributed by atoms with E-state index in [0.717, 1.165) is 10.5 Å². The van der Waals surface area contributed by atoms with E-state index in [9.17, 15) is 4.79 Å². The second-order valence-electron chi connectivity index (χ2n) is 9.30. The molecule has 37 heavy (non-hydrogen) atoms. The van der Waals surface area contributed by atoms with Crippen molar-refractivity contribution in [1.82, 2.24) is 24.8 Å². The molecule has 0 aliphatic rings. The van der Waals surface area contributed by atoms with E-state index in [1.807, 2.05) is 55.7 Å². The minimum atomic E-state index is -0.487. The van der Waals surface area contributed by atoms with Crippen LogP contribution in [0.25, 0.3) is 11.2 Å². The fourth-order valence-corrected chi connectivity index (χ4v) is 4.48. The van der Waals surface area contributed by atoms with E-state index in [0.29, 0.717) is 46.5 Å². The predicted molar refractivity (Wildman–Crippen MR) is 140 cm³/mol. The number of aromatic nitrogens is 4. The zero-order valence-electron chi connectivity index (χ0n) is 21.4. The first-order valence-electron chi connectivity index (χ1n) is 11.6. The first-order chi connectivity index (χ1) is 17.6. The van der Waals surface area contributed by atoms with Gasteiger partial charge < -0.3 is 29.1 Å². The lowest BCUT2D eigenvalue weighted by atomic mass is 10.1. The molecule has 0 unspecified atom stereocenters. The van der Waals surface area contributed by atoms with E-state index < -0.39 is 6.09 Å². The van der Waals surface area contributed by atoms with Crippen LogP contribution >= 0.6 is 11.8 Å². The summed E-state index contributed by atoms with van der Waals surface area (Å²) in [6.07, 6.45) is 1.84. The van der Waals surface area contributed by atoms with Gasteiger partial charge in [-0.25, -0.2) is 14.8 Å². The second kappa shape index (κ2) is 11.0. The molecular formula is C26H30N6O4S. The number of fused-ring (bicyclic) bond motifs is 1. The summed E-state index contributed by atoms with van der Waals surface area (Å²) in [6, 6.07) is 12.9. The SMILES string of the molecule is COc1ccc(OC)c(Sc2nc3c([nH]2)c(=N)ncn3CCc2ccc(OC(=O)NC(C)(C)C)cc2)c1. The Morgan fingerprint density at radius 3 is 2.51 bits per heavy atom. The summed E-state index contributed by atoms with van der Waals surface area (Å²) in [7, 11) is 3.23. The number of carbonyl (C=O) groups is 1. The predicted octanol–water partition coefficient (Wildman–Crippen LogP) is 4.54. The highest BCUT2D eigenvalue weighted by atomic mass is 32.2. The summed E-state index contributed by atoms with van der Waals surface area (Å²) in [5.41, 5.74) is 2.01. The monoisotopic (exact) mass is 522 g/mol. The number of ether oxygens (including phenoxy) is 3. The lowest BCUT2D eigenvalue weighted by Crippen LogP contribution is -2.42. The van der Waals surface area contributed by atoms with Crippen molar-refractivity contribution in [3.63, 3.8) is 0 Å². The third kappa shape index (κ3) is 6.62. The summed E-state index contributed by atoms with van der Waals surface area (Å²) in [5, 5.41) is 11.6. The van der Waals surface area contributed by atoms with E-state index in [4.69, 9.17) is 24.6 Å². The molecule has 4 rings (SSSR count). The van der Waals surface area contributed by atoms with Crippen molar-refractivity contribution in [3.8, 4) is 17.2 Å². The molecule has 0 aliphatic carbocycles. The van der Waals surface area contributed by atoms with Crippen LogP contribution in [0.15, 0.2) is 58.8 Å². The number of amides is 1. The van der Waals surface area contributed by atoms with Crippen LogP contribution in [-0.4, -0.2) is 45.4 Å². The molecule has 3 N–H and O–H groups in total. The van der Waals surface area contributed by atoms with Crippen LogP contribution in [0.1, 0.15) is 26.3 Å². The molecule has 2 aromatic heterocycles. The maximum atomic E-state index is 12.0. The fraction of sp³-hybridized carbons (Fsp3) is 0.308. The Balaban J connectivity index is 1.48. The van der Waals surface area contributed by atoms with Crippen molar-refractivity contribution in [1.29, 1.82) is 5.41 Å². The minimum absolute atomic E-state index is 0.123. The summed E-state index contributed by atoms with van der Waals surface area (Å²) >= 11 is 1.39. The number of rotatable bonds is 8. The van der Waals surface area contributed by atoms with Gasteiger partial charge in [-0.05, 0) is 74.8 Å². The summed E-state index contributed by atoms with van der Waals surface area (Å²) in [4.78, 5) is 25.0. The number of nitrogens with one attached hydrogen (secondary N) is 3. The van der Waals surface area contributed by atoms with Crippen molar-refractivity contribution < 1.29 is 19.0 Å². The highest BCUT2D eigenvalue weighted by Gasteiger charge is 2.16. The molecule has 0 bridgehead atoms. The standard InChI is InChI=1S/C26H30N6O4S/c1-26(2,3)31-25(33)36-17-8-6-16(7-9-17)12-13-32-15-28-22(27)21-23(32)30-24(29-21)37-20-14-18(34-4)10-11-19(20)35-5/h6-11,14-15,27H,12-13H2,1-5H3,(H,29,30)(H,31,33). The zero-order valence-corrected chi connectivity index (χ0v) is 22.2. The largest absolute Gasteiger partial charge is 0.497 e. The topological polar surface area (TPSA) is 127 Å². The third-order valence-corrected chi connectivity index (χ3v) is 6.25. The number of hydrogen-bond acceptors (Lipinski definition) is 8. The highest BCUT2D eigenvalue weighted by Crippen LogP contribution is 2.36. The Morgan fingerprint density at radius 2 is 1.84 bits per heavy atom. The van der Waals surface area contributed by atoms with E-state index in [-0.39, 0.29) is 11.0 Å². The maximum absolute atomic E-state index is 12.0. The number of H-pyrrole nitrogens is 1. The van der Waals surface area contributed by atoms with Crippen LogP contribution < -0.4 is 25.0 Å². The quantitative estimate of drug-likeness (QED) is 0.310. The Kier molecular flexibility index (Phi) is 7.72. The fourth-order valence-electron chi connectivity index (χ4n) is 3.55. The molecule has 2 aromatic carbocycles. The number of carbonyl (C=O) groups excluding carboxylic acids is 1. The molecule has 1 amide bonds. The molecule has 11 heteroatoms. The molecule has 0 atom stereocenters. The van der Waals surface area contributed by atoms with Crippen molar-refractivity contribution in [2.45, 2.75) is 49.3 Å². The number of benzene rings is 2. The molecule has 0 fully saturated rings. The summed E-state index contributed by atoms with van der Waals surface area (Å²) in [6.45, 7) is 6.28. The van der Waals surface area contributed by atoms with Gasteiger partial charge in [-0.1, -0.05) is 12.1 Å². The zero-order chi connectivity index (χ0) is 26.6. The number of methoxy groups -OCH3 is 2. The van der Waals surface area contributed by atoms with Crippen LogP contribution in [0.5, 0.6) is 17.2 Å². The van der Waals surface area contributed by atoms with Crippen molar-refractivity contribution in [2.75, 3.05) is 14.2 Å². The number of nitrogens with zero attached hydrogens (tertiary/aromatic N) is 3. The highest BCUT2D eigenvalue weighted by molar-refractivity contribution is 7.99. The maximum Gasteiger partial charge on any atom is 0.413 e. The third-order valence-electron chi connectivity index (χ3n) is 5.33. The smallest absolute Gasteiger partial charge is 0.413 e. The van der Waals surface area contributed by atoms with Crippen LogP contribution in [0.4, 0.5) is 4.79 Å². The van der Waals surface area contributed by atoms with Crippen molar-refractivity contribution >= 4 is 29.0 Å². The first-order valence-corrected chi connectivity index (χ1v) is 12.5. The molecule has 2 heterocycles. The molecule has 0 saturated heterocycles. The van der Waals surface area contributed by atoms with E-state index >= 15 is 0 Å². The summed E-state index contributed by atoms with van der Waals surface area (Å²) in [5.74, 6) is 1.89. The molecule has 0 radical (unpaired) electrons. The van der Waals surface area contributed by atoms with Gasteiger partial charge in [-0.15, -0.1) is 0 Å². The molecular weight excluding hydrogens is 492 g/mol. The Morgan fingerprint density at radius 1 is 1.11 bits per heavy atom. The van der Waals surface area contributed by atoms with Gasteiger partial charge in [0.1, 0.15) is 22.8 Å². The van der Waals surface area contributed by atoms with Gasteiger partial charge >= 0.3 is 6.09 Å². The Hall–Kier alpha value is -3.99. The number of aryl methyl sites for hydroxylation is 2. The summed E-state index contributed by atoms with van der Waals surface area (Å²) < 4.78 is 18.1. The first kappa shape index (κ1) is 26.1. The van der Waals surface area contributed by atoms with E-state index in [2.05, 4.69) is 15.3 Å². The van der Waals surface area contributed by atoms with Gasteiger partial charge in [0.2, 0.25) is 0 Å². The van der Waals surface area contributed by atoms with Gasteiger partial charge in [0, 0.05) is 12.1 Å². The Bertz CT molecular complexity index is 1460. The van der Waals surface area contributed by atoms with Gasteiger partial charge in [-0.3, -0.25) is 5.41 Å². The van der Waals surface area contributed by atoms with E-state index in [1.165, 1.54) is 11.8 Å². The van der Waals surface area contributed by atoms with Crippen LogP contribution in [0.3, 0.4) is 0 Å². The average Bonchev–Trinajstić information content (AvgIpc) is 3.28. The van der Waals surface area contributed by atoms with Crippen molar-refractivity contribution in [3.05, 3.63) is 59.8 Å². The van der Waals surface area contributed by atoms with Gasteiger partial charge in [0.25, 0.3) is 0 Å². The second-order valence-corrected chi connectivity index (χ2v) is 10.3. The lowest BCUT2D eigenvalue weighted by molar-refractivity contribution is 0.190. The van der Waals surface area contributed by atoms with Gasteiger partial charge in [0.15, 0.2) is 16.3 Å².